The fraction of sp³-hybridized carbons (Fsp3) is 0.423. The molecular weight excluding hydrogens is 490 g/mol. The molecule has 1 aliphatic carbocycles. The van der Waals surface area contributed by atoms with E-state index in [4.69, 9.17) is 4.42 Å². The molecule has 0 radical (unpaired) electrons. The van der Waals surface area contributed by atoms with Crippen molar-refractivity contribution in [1.29, 1.82) is 0 Å². The normalized spacial score (nSPS) is 30.1. The number of oxazole rings is 1. The van der Waals surface area contributed by atoms with Gasteiger partial charge in [-0.05, 0) is 57.2 Å². The zero-order chi connectivity index (χ0) is 25.9. The molecule has 10 heteroatoms. The van der Waals surface area contributed by atoms with Crippen LogP contribution in [0.25, 0.3) is 0 Å². The fourth-order valence-corrected chi connectivity index (χ4v) is 8.05. The number of aromatic nitrogens is 1. The molecule has 1 saturated heterocycles. The van der Waals surface area contributed by atoms with E-state index < -0.39 is 43.7 Å². The number of rotatable bonds is 5. The van der Waals surface area contributed by atoms with Gasteiger partial charge in [0.2, 0.25) is 10.0 Å². The van der Waals surface area contributed by atoms with E-state index in [9.17, 15) is 18.3 Å². The third-order valence-electron chi connectivity index (χ3n) is 7.53. The van der Waals surface area contributed by atoms with Crippen molar-refractivity contribution >= 4 is 10.0 Å². The van der Waals surface area contributed by atoms with E-state index in [-0.39, 0.29) is 42.3 Å². The Labute approximate surface area is 207 Å². The molecule has 192 valence electrons. The first-order valence-electron chi connectivity index (χ1n) is 11.9. The highest BCUT2D eigenvalue weighted by Crippen LogP contribution is 2.55. The summed E-state index contributed by atoms with van der Waals surface area (Å²) < 4.78 is 64.4. The van der Waals surface area contributed by atoms with Crippen molar-refractivity contribution in [3.05, 3.63) is 93.3 Å². The van der Waals surface area contributed by atoms with E-state index in [1.54, 1.807) is 38.1 Å². The molecule has 7 nitrogen and oxygen atoms in total. The molecule has 0 amide bonds. The van der Waals surface area contributed by atoms with Crippen LogP contribution >= 0.6 is 0 Å². The third kappa shape index (κ3) is 4.10. The summed E-state index contributed by atoms with van der Waals surface area (Å²) in [5.74, 6) is -2.14. The number of hydrogen-bond acceptors (Lipinski definition) is 5. The van der Waals surface area contributed by atoms with E-state index in [0.717, 1.165) is 12.1 Å². The van der Waals surface area contributed by atoms with Gasteiger partial charge in [0.25, 0.3) is 0 Å². The minimum absolute atomic E-state index is 0.0345. The molecule has 2 atom stereocenters. The van der Waals surface area contributed by atoms with E-state index in [0.29, 0.717) is 18.4 Å². The number of aliphatic hydroxyl groups is 1. The molecule has 3 aromatic rings. The van der Waals surface area contributed by atoms with Crippen LogP contribution in [0.4, 0.5) is 8.78 Å². The van der Waals surface area contributed by atoms with Crippen LogP contribution in [0.3, 0.4) is 0 Å². The number of benzene rings is 2. The summed E-state index contributed by atoms with van der Waals surface area (Å²) in [6.45, 7) is 3.03. The predicted molar refractivity (Wildman–Crippen MR) is 129 cm³/mol. The van der Waals surface area contributed by atoms with Crippen LogP contribution in [0.15, 0.2) is 57.9 Å². The molecule has 2 aliphatic rings. The second-order valence-electron chi connectivity index (χ2n) is 10.3. The van der Waals surface area contributed by atoms with Crippen molar-refractivity contribution in [1.82, 2.24) is 9.29 Å². The summed E-state index contributed by atoms with van der Waals surface area (Å²) in [7, 11) is -3.82. The van der Waals surface area contributed by atoms with Gasteiger partial charge in [0.15, 0.2) is 0 Å². The molecule has 0 bridgehead atoms. The maximum Gasteiger partial charge on any atom is 0.416 e. The predicted octanol–water partition coefficient (Wildman–Crippen LogP) is 4.13. The number of H-pyrrole nitrogens is 1. The number of aromatic amines is 1. The minimum atomic E-state index is -3.82. The summed E-state index contributed by atoms with van der Waals surface area (Å²) in [5.41, 5.74) is -1.81. The summed E-state index contributed by atoms with van der Waals surface area (Å²) in [6.07, 6.45) is 2.41. The first-order valence-corrected chi connectivity index (χ1v) is 13.4. The Hall–Kier alpha value is -2.82. The average molecular weight is 519 g/mol. The van der Waals surface area contributed by atoms with Crippen molar-refractivity contribution in [2.45, 2.75) is 68.4 Å². The highest BCUT2D eigenvalue weighted by Gasteiger charge is 2.56. The van der Waals surface area contributed by atoms with E-state index in [2.05, 4.69) is 4.98 Å². The van der Waals surface area contributed by atoms with Crippen LogP contribution in [0.5, 0.6) is 0 Å². The third-order valence-corrected chi connectivity index (χ3v) is 9.90. The highest BCUT2D eigenvalue weighted by molar-refractivity contribution is 7.89. The second-order valence-corrected chi connectivity index (χ2v) is 12.4. The lowest BCUT2D eigenvalue weighted by atomic mass is 9.55. The van der Waals surface area contributed by atoms with Crippen LogP contribution in [-0.2, 0) is 22.0 Å². The van der Waals surface area contributed by atoms with Gasteiger partial charge in [0, 0.05) is 29.9 Å². The summed E-state index contributed by atoms with van der Waals surface area (Å²) in [4.78, 5) is 14.0. The zero-order valence-electron chi connectivity index (χ0n) is 20.0. The molecule has 2 heterocycles. The molecule has 2 fully saturated rings. The number of halogens is 2. The van der Waals surface area contributed by atoms with Crippen LogP contribution < -0.4 is 5.76 Å². The zero-order valence-corrected chi connectivity index (χ0v) is 20.8. The van der Waals surface area contributed by atoms with Crippen LogP contribution in [0.2, 0.25) is 0 Å². The van der Waals surface area contributed by atoms with Gasteiger partial charge in [-0.3, -0.25) is 4.98 Å². The molecule has 1 aromatic heterocycles. The van der Waals surface area contributed by atoms with Gasteiger partial charge in [-0.2, -0.15) is 4.31 Å². The van der Waals surface area contributed by atoms with E-state index in [1.807, 2.05) is 6.07 Å². The van der Waals surface area contributed by atoms with Gasteiger partial charge in [0.05, 0.1) is 11.0 Å². The Balaban J connectivity index is 1.49. The lowest BCUT2D eigenvalue weighted by Gasteiger charge is -2.50. The van der Waals surface area contributed by atoms with Crippen molar-refractivity contribution in [3.8, 4) is 0 Å². The number of hydrogen-bond donors (Lipinski definition) is 2. The minimum Gasteiger partial charge on any atom is -0.412 e. The van der Waals surface area contributed by atoms with Gasteiger partial charge in [-0.15, -0.1) is 0 Å². The van der Waals surface area contributed by atoms with Gasteiger partial charge in [-0.25, -0.2) is 22.0 Å². The maximum absolute atomic E-state index is 15.5. The Morgan fingerprint density at radius 2 is 1.83 bits per heavy atom. The molecule has 36 heavy (non-hydrogen) atoms. The topological polar surface area (TPSA) is 104 Å². The molecular formula is C26H28F2N2O5S. The van der Waals surface area contributed by atoms with E-state index >= 15 is 8.78 Å². The SMILES string of the molecule is C[C@H]1CC[C@H](c2ccccc2)S(=O)(=O)N1Cc1cc(F)c(C2(c3c[nH]c(=O)o3)CC(C)(O)C2)cc1F. The van der Waals surface area contributed by atoms with Crippen molar-refractivity contribution < 1.29 is 26.7 Å². The highest BCUT2D eigenvalue weighted by atomic mass is 32.2. The summed E-state index contributed by atoms with van der Waals surface area (Å²) in [6, 6.07) is 10.6. The molecule has 2 aromatic carbocycles. The summed E-state index contributed by atoms with van der Waals surface area (Å²) in [5, 5.41) is 9.64. The Bertz CT molecular complexity index is 1440. The molecule has 0 unspecified atom stereocenters. The number of nitrogens with one attached hydrogen (secondary N) is 1. The molecule has 2 N–H and O–H groups in total. The smallest absolute Gasteiger partial charge is 0.412 e. The van der Waals surface area contributed by atoms with Crippen molar-refractivity contribution in [2.24, 2.45) is 0 Å². The van der Waals surface area contributed by atoms with Gasteiger partial charge in [0.1, 0.15) is 22.6 Å². The number of sulfonamides is 1. The first-order chi connectivity index (χ1) is 16.9. The summed E-state index contributed by atoms with van der Waals surface area (Å²) >= 11 is 0. The van der Waals surface area contributed by atoms with Crippen molar-refractivity contribution in [3.63, 3.8) is 0 Å². The Morgan fingerprint density at radius 1 is 1.14 bits per heavy atom. The second kappa shape index (κ2) is 8.64. The lowest BCUT2D eigenvalue weighted by Crippen LogP contribution is -2.53. The van der Waals surface area contributed by atoms with Crippen LogP contribution in [0.1, 0.15) is 67.2 Å². The van der Waals surface area contributed by atoms with Gasteiger partial charge in [-0.1, -0.05) is 30.3 Å². The largest absolute Gasteiger partial charge is 0.416 e. The average Bonchev–Trinajstić information content (AvgIpc) is 3.23. The number of nitrogens with zero attached hydrogens (tertiary/aromatic N) is 1. The monoisotopic (exact) mass is 518 g/mol. The van der Waals surface area contributed by atoms with Crippen LogP contribution in [-0.4, -0.2) is 34.5 Å². The fourth-order valence-electron chi connectivity index (χ4n) is 5.86. The van der Waals surface area contributed by atoms with Crippen molar-refractivity contribution in [2.75, 3.05) is 0 Å². The van der Waals surface area contributed by atoms with E-state index in [1.165, 1.54) is 10.5 Å². The lowest BCUT2D eigenvalue weighted by molar-refractivity contribution is -0.0687. The molecule has 0 spiro atoms. The molecule has 1 saturated carbocycles. The molecule has 5 rings (SSSR count). The first kappa shape index (κ1) is 24.9. The van der Waals surface area contributed by atoms with Crippen LogP contribution in [0, 0.1) is 11.6 Å². The Morgan fingerprint density at radius 3 is 2.44 bits per heavy atom. The quantitative estimate of drug-likeness (QED) is 0.529. The van der Waals surface area contributed by atoms with Gasteiger partial charge < -0.3 is 9.52 Å². The Kier molecular flexibility index (Phi) is 5.96. The van der Waals surface area contributed by atoms with Gasteiger partial charge >= 0.3 is 5.76 Å². The molecule has 1 aliphatic heterocycles. The standard InChI is InChI=1S/C26H28F2N2O5S/c1-16-8-9-22(17-6-4-3-5-7-17)36(33,34)30(16)13-18-10-21(28)19(11-20(18)27)26(14-25(2,32)15-26)23-12-29-24(31)35-23/h3-7,10-12,16,22,32H,8-9,13-15H2,1-2H3,(H,29,31)/t16-,22+,25?,26?/m0/s1. The maximum atomic E-state index is 15.5.